The van der Waals surface area contributed by atoms with E-state index in [1.54, 1.807) is 0 Å². The van der Waals surface area contributed by atoms with Crippen molar-refractivity contribution in [2.75, 3.05) is 0 Å². The first-order valence-corrected chi connectivity index (χ1v) is 7.95. The first kappa shape index (κ1) is 15.0. The molecule has 1 atom stereocenters. The number of nitrogens with zero attached hydrogens (tertiary/aromatic N) is 3. The maximum atomic E-state index is 5.83. The highest BCUT2D eigenvalue weighted by molar-refractivity contribution is 9.08. The Morgan fingerprint density at radius 3 is 2.85 bits per heavy atom. The van der Waals surface area contributed by atoms with Crippen LogP contribution in [-0.4, -0.2) is 14.8 Å². The van der Waals surface area contributed by atoms with Crippen LogP contribution in [0, 0.1) is 6.92 Å². The molecule has 5 heteroatoms. The Hall–Kier alpha value is -1.36. The van der Waals surface area contributed by atoms with Gasteiger partial charge >= 0.3 is 0 Å². The molecule has 0 aliphatic rings. The summed E-state index contributed by atoms with van der Waals surface area (Å²) in [6.45, 7) is 6.76. The van der Waals surface area contributed by atoms with Gasteiger partial charge in [0.25, 0.3) is 0 Å². The van der Waals surface area contributed by atoms with Gasteiger partial charge < -0.3 is 4.74 Å². The summed E-state index contributed by atoms with van der Waals surface area (Å²) in [6, 6.07) is 6.34. The van der Waals surface area contributed by atoms with Gasteiger partial charge in [-0.15, -0.1) is 0 Å². The molecule has 20 heavy (non-hydrogen) atoms. The molecule has 4 nitrogen and oxygen atoms in total. The summed E-state index contributed by atoms with van der Waals surface area (Å²) < 4.78 is 7.81. The second-order valence-electron chi connectivity index (χ2n) is 4.86. The Balaban J connectivity index is 2.03. The van der Waals surface area contributed by atoms with E-state index in [0.717, 1.165) is 29.3 Å². The van der Waals surface area contributed by atoms with Crippen LogP contribution in [0.1, 0.15) is 43.4 Å². The fraction of sp³-hybridized carbons (Fsp3) is 0.467. The summed E-state index contributed by atoms with van der Waals surface area (Å²) in [5.74, 6) is 0.811. The van der Waals surface area contributed by atoms with E-state index in [1.165, 1.54) is 0 Å². The molecule has 0 amide bonds. The van der Waals surface area contributed by atoms with E-state index in [0.29, 0.717) is 18.0 Å². The predicted molar refractivity (Wildman–Crippen MR) is 83.2 cm³/mol. The quantitative estimate of drug-likeness (QED) is 0.747. The van der Waals surface area contributed by atoms with Crippen molar-refractivity contribution in [3.8, 4) is 5.75 Å². The van der Waals surface area contributed by atoms with Gasteiger partial charge in [-0.25, -0.2) is 0 Å². The predicted octanol–water partition coefficient (Wildman–Crippen LogP) is 4.03. The van der Waals surface area contributed by atoms with Crippen molar-refractivity contribution < 1.29 is 4.74 Å². The molecule has 0 aromatic carbocycles. The Morgan fingerprint density at radius 2 is 2.15 bits per heavy atom. The van der Waals surface area contributed by atoms with Crippen LogP contribution < -0.4 is 4.74 Å². The van der Waals surface area contributed by atoms with Crippen molar-refractivity contribution >= 4 is 15.9 Å². The van der Waals surface area contributed by atoms with Crippen LogP contribution >= 0.6 is 15.9 Å². The SMILES string of the molecule is CCC(C)n1ccc(COc2ccc(C)nc2CBr)n1. The summed E-state index contributed by atoms with van der Waals surface area (Å²) in [7, 11) is 0. The smallest absolute Gasteiger partial charge is 0.142 e. The molecule has 0 radical (unpaired) electrons. The number of aromatic nitrogens is 3. The summed E-state index contributed by atoms with van der Waals surface area (Å²) >= 11 is 3.44. The van der Waals surface area contributed by atoms with Crippen molar-refractivity contribution in [3.63, 3.8) is 0 Å². The third-order valence-corrected chi connectivity index (χ3v) is 3.81. The molecule has 2 rings (SSSR count). The van der Waals surface area contributed by atoms with Gasteiger partial charge in [0.05, 0.1) is 11.4 Å². The molecule has 0 fully saturated rings. The van der Waals surface area contributed by atoms with E-state index in [-0.39, 0.29) is 0 Å². The molecule has 0 aliphatic heterocycles. The van der Waals surface area contributed by atoms with Gasteiger partial charge in [-0.1, -0.05) is 22.9 Å². The molecule has 0 saturated carbocycles. The molecule has 1 unspecified atom stereocenters. The number of aryl methyl sites for hydroxylation is 1. The largest absolute Gasteiger partial charge is 0.485 e. The van der Waals surface area contributed by atoms with E-state index in [1.807, 2.05) is 36.0 Å². The molecule has 2 heterocycles. The number of halogens is 1. The number of rotatable bonds is 6. The summed E-state index contributed by atoms with van der Waals surface area (Å²) in [4.78, 5) is 4.45. The van der Waals surface area contributed by atoms with Crippen LogP contribution in [0.15, 0.2) is 24.4 Å². The number of hydrogen-bond donors (Lipinski definition) is 0. The molecule has 2 aromatic heterocycles. The normalized spacial score (nSPS) is 12.4. The van der Waals surface area contributed by atoms with E-state index in [4.69, 9.17) is 4.74 Å². The van der Waals surface area contributed by atoms with Crippen LogP contribution in [0.4, 0.5) is 0 Å². The zero-order valence-electron chi connectivity index (χ0n) is 12.1. The Kier molecular flexibility index (Phi) is 5.17. The van der Waals surface area contributed by atoms with Crippen molar-refractivity contribution in [3.05, 3.63) is 41.5 Å². The first-order valence-electron chi connectivity index (χ1n) is 6.83. The minimum Gasteiger partial charge on any atom is -0.485 e. The van der Waals surface area contributed by atoms with E-state index >= 15 is 0 Å². The van der Waals surface area contributed by atoms with Gasteiger partial charge in [0.1, 0.15) is 12.4 Å². The number of ether oxygens (including phenoxy) is 1. The maximum absolute atomic E-state index is 5.83. The lowest BCUT2D eigenvalue weighted by Crippen LogP contribution is -2.06. The standard InChI is InChI=1S/C15H20BrN3O/c1-4-12(3)19-8-7-13(18-19)10-20-15-6-5-11(2)17-14(15)9-16/h5-8,12H,4,9-10H2,1-3H3. The average molecular weight is 338 g/mol. The number of alkyl halides is 1. The van der Waals surface area contributed by atoms with Gasteiger partial charge in [-0.2, -0.15) is 5.10 Å². The van der Waals surface area contributed by atoms with Crippen LogP contribution in [0.5, 0.6) is 5.75 Å². The Labute approximate surface area is 128 Å². The zero-order valence-corrected chi connectivity index (χ0v) is 13.7. The number of pyridine rings is 1. The van der Waals surface area contributed by atoms with Crippen molar-refractivity contribution in [1.82, 2.24) is 14.8 Å². The minimum atomic E-state index is 0.419. The monoisotopic (exact) mass is 337 g/mol. The van der Waals surface area contributed by atoms with E-state index in [9.17, 15) is 0 Å². The third-order valence-electron chi connectivity index (χ3n) is 3.28. The minimum absolute atomic E-state index is 0.419. The van der Waals surface area contributed by atoms with E-state index < -0.39 is 0 Å². The fourth-order valence-electron chi connectivity index (χ4n) is 1.86. The molecule has 2 aromatic rings. The van der Waals surface area contributed by atoms with Gasteiger partial charge in [-0.05, 0) is 38.5 Å². The topological polar surface area (TPSA) is 39.9 Å². The highest BCUT2D eigenvalue weighted by Gasteiger charge is 2.08. The average Bonchev–Trinajstić information content (AvgIpc) is 2.93. The first-order chi connectivity index (χ1) is 9.63. The summed E-state index contributed by atoms with van der Waals surface area (Å²) in [5.41, 5.74) is 2.85. The second kappa shape index (κ2) is 6.88. The summed E-state index contributed by atoms with van der Waals surface area (Å²) in [6.07, 6.45) is 3.07. The van der Waals surface area contributed by atoms with Crippen molar-refractivity contribution in [2.45, 2.75) is 45.2 Å². The van der Waals surface area contributed by atoms with Crippen LogP contribution in [0.3, 0.4) is 0 Å². The van der Waals surface area contributed by atoms with Gasteiger partial charge in [0, 0.05) is 23.3 Å². The number of hydrogen-bond acceptors (Lipinski definition) is 3. The molecule has 0 aliphatic carbocycles. The lowest BCUT2D eigenvalue weighted by atomic mass is 10.3. The highest BCUT2D eigenvalue weighted by atomic mass is 79.9. The molecule has 0 bridgehead atoms. The lowest BCUT2D eigenvalue weighted by Gasteiger charge is -2.10. The Bertz CT molecular complexity index is 568. The molecule has 0 saturated heterocycles. The molecular weight excluding hydrogens is 318 g/mol. The van der Waals surface area contributed by atoms with Gasteiger partial charge in [0.2, 0.25) is 0 Å². The van der Waals surface area contributed by atoms with Gasteiger partial charge in [0.15, 0.2) is 0 Å². The van der Waals surface area contributed by atoms with Crippen molar-refractivity contribution in [1.29, 1.82) is 0 Å². The highest BCUT2D eigenvalue weighted by Crippen LogP contribution is 2.20. The van der Waals surface area contributed by atoms with E-state index in [2.05, 4.69) is 39.9 Å². The molecule has 0 spiro atoms. The van der Waals surface area contributed by atoms with Gasteiger partial charge in [-0.3, -0.25) is 9.67 Å². The van der Waals surface area contributed by atoms with Crippen LogP contribution in [-0.2, 0) is 11.9 Å². The zero-order chi connectivity index (χ0) is 14.5. The molecular formula is C15H20BrN3O. The van der Waals surface area contributed by atoms with Crippen LogP contribution in [0.25, 0.3) is 0 Å². The molecule has 0 N–H and O–H groups in total. The van der Waals surface area contributed by atoms with Crippen LogP contribution in [0.2, 0.25) is 0 Å². The lowest BCUT2D eigenvalue weighted by molar-refractivity contribution is 0.294. The van der Waals surface area contributed by atoms with Crippen molar-refractivity contribution in [2.24, 2.45) is 0 Å². The molecule has 108 valence electrons. The fourth-order valence-corrected chi connectivity index (χ4v) is 2.27. The third kappa shape index (κ3) is 3.60. The summed E-state index contributed by atoms with van der Waals surface area (Å²) in [5, 5.41) is 5.21. The maximum Gasteiger partial charge on any atom is 0.142 e. The second-order valence-corrected chi connectivity index (χ2v) is 5.42. The Morgan fingerprint density at radius 1 is 1.35 bits per heavy atom.